The number of aliphatic hydroxyl groups excluding tert-OH is 1. The second kappa shape index (κ2) is 6.92. The molecule has 0 bridgehead atoms. The maximum absolute atomic E-state index is 9.22. The number of rotatable bonds is 6. The van der Waals surface area contributed by atoms with E-state index in [1.165, 1.54) is 0 Å². The van der Waals surface area contributed by atoms with Gasteiger partial charge in [-0.2, -0.15) is 0 Å². The van der Waals surface area contributed by atoms with E-state index in [1.807, 2.05) is 24.3 Å². The molecule has 1 N–H and O–H groups in total. The second-order valence-electron chi connectivity index (χ2n) is 4.45. The molecule has 0 aliphatic heterocycles. The number of aliphatic hydroxyl groups is 1. The van der Waals surface area contributed by atoms with Gasteiger partial charge in [-0.3, -0.25) is 0 Å². The highest BCUT2D eigenvalue weighted by Gasteiger charge is 2.10. The summed E-state index contributed by atoms with van der Waals surface area (Å²) >= 11 is 3.40. The van der Waals surface area contributed by atoms with E-state index in [2.05, 4.69) is 29.8 Å². The summed E-state index contributed by atoms with van der Waals surface area (Å²) in [6, 6.07) is 7.76. The standard InChI is InChI=1S/C13H19BrO2/c1-10(2)6-11(8-15)9-16-13-5-3-4-12(14)7-13/h3-5,7,10-11,15H,6,8-9H2,1-2H3. The zero-order valence-corrected chi connectivity index (χ0v) is 11.4. The van der Waals surface area contributed by atoms with E-state index >= 15 is 0 Å². The second-order valence-corrected chi connectivity index (χ2v) is 5.36. The number of ether oxygens (including phenoxy) is 1. The van der Waals surface area contributed by atoms with E-state index in [0.717, 1.165) is 16.6 Å². The van der Waals surface area contributed by atoms with Gasteiger partial charge in [-0.25, -0.2) is 0 Å². The van der Waals surface area contributed by atoms with Crippen LogP contribution in [0.5, 0.6) is 5.75 Å². The molecule has 90 valence electrons. The summed E-state index contributed by atoms with van der Waals surface area (Å²) in [5.74, 6) is 1.65. The third-order valence-electron chi connectivity index (χ3n) is 2.34. The average molecular weight is 287 g/mol. The highest BCUT2D eigenvalue weighted by molar-refractivity contribution is 9.10. The molecule has 3 heteroatoms. The quantitative estimate of drug-likeness (QED) is 0.868. The Morgan fingerprint density at radius 2 is 2.12 bits per heavy atom. The first-order valence-corrected chi connectivity index (χ1v) is 6.40. The van der Waals surface area contributed by atoms with Gasteiger partial charge in [-0.05, 0) is 30.5 Å². The predicted molar refractivity (Wildman–Crippen MR) is 69.7 cm³/mol. The Balaban J connectivity index is 2.43. The lowest BCUT2D eigenvalue weighted by atomic mass is 9.99. The van der Waals surface area contributed by atoms with Crippen LogP contribution in [0, 0.1) is 11.8 Å². The lowest BCUT2D eigenvalue weighted by molar-refractivity contribution is 0.146. The fraction of sp³-hybridized carbons (Fsp3) is 0.538. The van der Waals surface area contributed by atoms with Crippen molar-refractivity contribution < 1.29 is 9.84 Å². The lowest BCUT2D eigenvalue weighted by Gasteiger charge is -2.17. The van der Waals surface area contributed by atoms with Crippen molar-refractivity contribution in [1.29, 1.82) is 0 Å². The Bertz CT molecular complexity index is 313. The van der Waals surface area contributed by atoms with Crippen molar-refractivity contribution in [3.63, 3.8) is 0 Å². The molecule has 1 aromatic carbocycles. The lowest BCUT2D eigenvalue weighted by Crippen LogP contribution is -2.18. The third-order valence-corrected chi connectivity index (χ3v) is 2.84. The van der Waals surface area contributed by atoms with Crippen molar-refractivity contribution in [2.24, 2.45) is 11.8 Å². The molecule has 0 fully saturated rings. The minimum Gasteiger partial charge on any atom is -0.493 e. The summed E-state index contributed by atoms with van der Waals surface area (Å²) in [5.41, 5.74) is 0. The molecular formula is C13H19BrO2. The summed E-state index contributed by atoms with van der Waals surface area (Å²) in [7, 11) is 0. The SMILES string of the molecule is CC(C)CC(CO)COc1cccc(Br)c1. The Morgan fingerprint density at radius 3 is 2.69 bits per heavy atom. The van der Waals surface area contributed by atoms with Crippen molar-refractivity contribution in [1.82, 2.24) is 0 Å². The van der Waals surface area contributed by atoms with Crippen LogP contribution < -0.4 is 4.74 Å². The maximum atomic E-state index is 9.22. The van der Waals surface area contributed by atoms with Crippen LogP contribution in [0.1, 0.15) is 20.3 Å². The molecule has 1 atom stereocenters. The van der Waals surface area contributed by atoms with E-state index in [-0.39, 0.29) is 12.5 Å². The Morgan fingerprint density at radius 1 is 1.38 bits per heavy atom. The van der Waals surface area contributed by atoms with Crippen LogP contribution in [-0.2, 0) is 0 Å². The van der Waals surface area contributed by atoms with E-state index in [1.54, 1.807) is 0 Å². The van der Waals surface area contributed by atoms with Crippen molar-refractivity contribution >= 4 is 15.9 Å². The number of hydrogen-bond donors (Lipinski definition) is 1. The molecule has 1 rings (SSSR count). The normalized spacial score (nSPS) is 12.8. The van der Waals surface area contributed by atoms with Gasteiger partial charge in [0.05, 0.1) is 6.61 Å². The van der Waals surface area contributed by atoms with Crippen molar-refractivity contribution in [2.45, 2.75) is 20.3 Å². The zero-order valence-electron chi connectivity index (χ0n) is 9.82. The fourth-order valence-corrected chi connectivity index (χ4v) is 2.01. The van der Waals surface area contributed by atoms with Gasteiger partial charge < -0.3 is 9.84 Å². The van der Waals surface area contributed by atoms with Gasteiger partial charge >= 0.3 is 0 Å². The van der Waals surface area contributed by atoms with E-state index in [0.29, 0.717) is 12.5 Å². The number of hydrogen-bond acceptors (Lipinski definition) is 2. The molecule has 0 saturated heterocycles. The number of halogens is 1. The topological polar surface area (TPSA) is 29.5 Å². The predicted octanol–water partition coefficient (Wildman–Crippen LogP) is 3.48. The van der Waals surface area contributed by atoms with E-state index in [9.17, 15) is 5.11 Å². The summed E-state index contributed by atoms with van der Waals surface area (Å²) in [4.78, 5) is 0. The molecular weight excluding hydrogens is 268 g/mol. The van der Waals surface area contributed by atoms with Gasteiger partial charge in [-0.15, -0.1) is 0 Å². The summed E-state index contributed by atoms with van der Waals surface area (Å²) < 4.78 is 6.66. The molecule has 0 amide bonds. The molecule has 16 heavy (non-hydrogen) atoms. The first-order valence-electron chi connectivity index (χ1n) is 5.61. The minimum absolute atomic E-state index is 0.187. The van der Waals surface area contributed by atoms with Crippen LogP contribution in [0.2, 0.25) is 0 Å². The molecule has 0 aliphatic rings. The smallest absolute Gasteiger partial charge is 0.120 e. The van der Waals surface area contributed by atoms with E-state index < -0.39 is 0 Å². The Hall–Kier alpha value is -0.540. The molecule has 0 aromatic heterocycles. The van der Waals surface area contributed by atoms with Gasteiger partial charge in [0.2, 0.25) is 0 Å². The molecule has 0 saturated carbocycles. The maximum Gasteiger partial charge on any atom is 0.120 e. The van der Waals surface area contributed by atoms with Crippen LogP contribution in [-0.4, -0.2) is 18.3 Å². The first-order chi connectivity index (χ1) is 7.61. The minimum atomic E-state index is 0.187. The van der Waals surface area contributed by atoms with Crippen LogP contribution in [0.3, 0.4) is 0 Å². The fourth-order valence-electron chi connectivity index (χ4n) is 1.63. The highest BCUT2D eigenvalue weighted by atomic mass is 79.9. The molecule has 0 spiro atoms. The summed E-state index contributed by atoms with van der Waals surface area (Å²) in [6.07, 6.45) is 0.991. The van der Waals surface area contributed by atoms with Crippen LogP contribution in [0.25, 0.3) is 0 Å². The highest BCUT2D eigenvalue weighted by Crippen LogP contribution is 2.19. The van der Waals surface area contributed by atoms with Gasteiger partial charge in [0.15, 0.2) is 0 Å². The van der Waals surface area contributed by atoms with Crippen molar-refractivity contribution in [3.05, 3.63) is 28.7 Å². The monoisotopic (exact) mass is 286 g/mol. The molecule has 0 aliphatic carbocycles. The van der Waals surface area contributed by atoms with Crippen molar-refractivity contribution in [2.75, 3.05) is 13.2 Å². The Labute approximate surface area is 106 Å². The molecule has 0 radical (unpaired) electrons. The van der Waals surface area contributed by atoms with Gasteiger partial charge in [0, 0.05) is 17.0 Å². The van der Waals surface area contributed by atoms with Gasteiger partial charge in [0.1, 0.15) is 5.75 Å². The molecule has 0 heterocycles. The summed E-state index contributed by atoms with van der Waals surface area (Å²) in [5, 5.41) is 9.22. The molecule has 1 unspecified atom stereocenters. The van der Waals surface area contributed by atoms with Gasteiger partial charge in [0.25, 0.3) is 0 Å². The Kier molecular flexibility index (Phi) is 5.85. The average Bonchev–Trinajstić information content (AvgIpc) is 2.24. The van der Waals surface area contributed by atoms with Gasteiger partial charge in [-0.1, -0.05) is 35.8 Å². The summed E-state index contributed by atoms with van der Waals surface area (Å²) in [6.45, 7) is 5.07. The molecule has 1 aromatic rings. The number of benzene rings is 1. The largest absolute Gasteiger partial charge is 0.493 e. The first kappa shape index (κ1) is 13.5. The van der Waals surface area contributed by atoms with Crippen molar-refractivity contribution in [3.8, 4) is 5.75 Å². The van der Waals surface area contributed by atoms with Crippen LogP contribution in [0.15, 0.2) is 28.7 Å². The zero-order chi connectivity index (χ0) is 12.0. The molecule has 2 nitrogen and oxygen atoms in total. The van der Waals surface area contributed by atoms with Crippen LogP contribution in [0.4, 0.5) is 0 Å². The third kappa shape index (κ3) is 4.99. The van der Waals surface area contributed by atoms with Crippen LogP contribution >= 0.6 is 15.9 Å². The van der Waals surface area contributed by atoms with E-state index in [4.69, 9.17) is 4.74 Å².